The van der Waals surface area contributed by atoms with E-state index in [9.17, 15) is 9.59 Å². The highest BCUT2D eigenvalue weighted by molar-refractivity contribution is 6.06. The molecule has 0 unspecified atom stereocenters. The summed E-state index contributed by atoms with van der Waals surface area (Å²) in [6, 6.07) is 4.88. The van der Waals surface area contributed by atoms with Crippen LogP contribution in [0.3, 0.4) is 0 Å². The molecule has 0 spiro atoms. The predicted molar refractivity (Wildman–Crippen MR) is 82.7 cm³/mol. The molecule has 8 nitrogen and oxygen atoms in total. The molecule has 0 aliphatic rings. The van der Waals surface area contributed by atoms with E-state index in [0.29, 0.717) is 22.9 Å². The number of aryl methyl sites for hydroxylation is 1. The zero-order chi connectivity index (χ0) is 16.8. The van der Waals surface area contributed by atoms with Gasteiger partial charge in [0.05, 0.1) is 18.5 Å². The Hall–Kier alpha value is -2.87. The maximum Gasteiger partial charge on any atom is 0.277 e. The summed E-state index contributed by atoms with van der Waals surface area (Å²) in [4.78, 5) is 27.8. The van der Waals surface area contributed by atoms with Crippen molar-refractivity contribution in [2.75, 3.05) is 31.5 Å². The van der Waals surface area contributed by atoms with E-state index in [-0.39, 0.29) is 18.2 Å². The molecule has 8 heteroatoms. The predicted octanol–water partition coefficient (Wildman–Crippen LogP) is 1.83. The van der Waals surface area contributed by atoms with Crippen LogP contribution in [0, 0.1) is 6.92 Å². The number of oxazole rings is 1. The van der Waals surface area contributed by atoms with Crippen molar-refractivity contribution in [3.63, 3.8) is 0 Å². The Morgan fingerprint density at radius 2 is 2.00 bits per heavy atom. The van der Waals surface area contributed by atoms with Crippen LogP contribution in [-0.2, 0) is 9.53 Å². The van der Waals surface area contributed by atoms with E-state index >= 15 is 0 Å². The number of benzene rings is 1. The molecule has 0 radical (unpaired) electrons. The first kappa shape index (κ1) is 16.5. The fourth-order valence-corrected chi connectivity index (χ4v) is 1.88. The van der Waals surface area contributed by atoms with Crippen molar-refractivity contribution >= 4 is 23.2 Å². The zero-order valence-electron chi connectivity index (χ0n) is 13.0. The van der Waals surface area contributed by atoms with E-state index < -0.39 is 5.91 Å². The highest BCUT2D eigenvalue weighted by atomic mass is 16.5. The molecule has 2 rings (SSSR count). The van der Waals surface area contributed by atoms with Gasteiger partial charge in [-0.3, -0.25) is 9.59 Å². The molecular formula is C15H17N3O5. The first-order valence-corrected chi connectivity index (χ1v) is 6.73. The van der Waals surface area contributed by atoms with Gasteiger partial charge in [-0.1, -0.05) is 0 Å². The number of carbonyl (C=O) groups excluding carboxylic acids is 2. The third-order valence-corrected chi connectivity index (χ3v) is 2.98. The molecule has 0 aliphatic heterocycles. The van der Waals surface area contributed by atoms with E-state index in [1.807, 2.05) is 0 Å². The molecule has 1 heterocycles. The van der Waals surface area contributed by atoms with E-state index in [1.165, 1.54) is 20.6 Å². The van der Waals surface area contributed by atoms with Crippen molar-refractivity contribution in [2.45, 2.75) is 6.92 Å². The van der Waals surface area contributed by atoms with Gasteiger partial charge >= 0.3 is 0 Å². The number of anilines is 2. The Balaban J connectivity index is 2.25. The molecule has 1 aromatic heterocycles. The van der Waals surface area contributed by atoms with Gasteiger partial charge < -0.3 is 24.5 Å². The Kier molecular flexibility index (Phi) is 5.32. The van der Waals surface area contributed by atoms with Crippen LogP contribution in [0.4, 0.5) is 11.4 Å². The van der Waals surface area contributed by atoms with Gasteiger partial charge in [0, 0.05) is 13.2 Å². The highest BCUT2D eigenvalue weighted by Gasteiger charge is 2.16. The number of hydrogen-bond acceptors (Lipinski definition) is 6. The van der Waals surface area contributed by atoms with Gasteiger partial charge in [-0.05, 0) is 19.1 Å². The Morgan fingerprint density at radius 3 is 2.61 bits per heavy atom. The van der Waals surface area contributed by atoms with Gasteiger partial charge in [0.1, 0.15) is 18.1 Å². The average Bonchev–Trinajstić information content (AvgIpc) is 2.95. The normalized spacial score (nSPS) is 10.2. The topological polar surface area (TPSA) is 103 Å². The Labute approximate surface area is 132 Å². The lowest BCUT2D eigenvalue weighted by atomic mass is 10.2. The van der Waals surface area contributed by atoms with Gasteiger partial charge in [-0.25, -0.2) is 4.98 Å². The molecule has 0 saturated heterocycles. The number of carbonyl (C=O) groups is 2. The SMILES string of the molecule is COCC(=O)Nc1ccc(OC)cc1NC(=O)c1ncoc1C. The zero-order valence-corrected chi connectivity index (χ0v) is 13.0. The van der Waals surface area contributed by atoms with Crippen molar-refractivity contribution in [3.8, 4) is 5.75 Å². The second-order valence-corrected chi connectivity index (χ2v) is 4.60. The lowest BCUT2D eigenvalue weighted by Crippen LogP contribution is -2.20. The van der Waals surface area contributed by atoms with Crippen LogP contribution in [0.1, 0.15) is 16.2 Å². The molecule has 2 aromatic rings. The Bertz CT molecular complexity index is 711. The molecule has 2 amide bonds. The minimum Gasteiger partial charge on any atom is -0.497 e. The van der Waals surface area contributed by atoms with Crippen LogP contribution in [0.15, 0.2) is 29.0 Å². The van der Waals surface area contributed by atoms with Gasteiger partial charge in [0.15, 0.2) is 12.1 Å². The van der Waals surface area contributed by atoms with Crippen LogP contribution >= 0.6 is 0 Å². The van der Waals surface area contributed by atoms with Crippen LogP contribution in [0.5, 0.6) is 5.75 Å². The maximum absolute atomic E-state index is 12.2. The quantitative estimate of drug-likeness (QED) is 0.842. The van der Waals surface area contributed by atoms with E-state index in [0.717, 1.165) is 0 Å². The van der Waals surface area contributed by atoms with Gasteiger partial charge in [-0.2, -0.15) is 0 Å². The number of ether oxygens (including phenoxy) is 2. The van der Waals surface area contributed by atoms with E-state index in [1.54, 1.807) is 25.1 Å². The molecule has 0 aliphatic carbocycles. The summed E-state index contributed by atoms with van der Waals surface area (Å²) < 4.78 is 14.9. The van der Waals surface area contributed by atoms with Gasteiger partial charge in [-0.15, -0.1) is 0 Å². The summed E-state index contributed by atoms with van der Waals surface area (Å²) in [6.45, 7) is 1.54. The first-order valence-electron chi connectivity index (χ1n) is 6.73. The summed E-state index contributed by atoms with van der Waals surface area (Å²) >= 11 is 0. The van der Waals surface area contributed by atoms with E-state index in [2.05, 4.69) is 15.6 Å². The number of nitrogens with zero attached hydrogens (tertiary/aromatic N) is 1. The highest BCUT2D eigenvalue weighted by Crippen LogP contribution is 2.27. The van der Waals surface area contributed by atoms with Crippen molar-refractivity contribution in [1.29, 1.82) is 0 Å². The minimum atomic E-state index is -0.452. The van der Waals surface area contributed by atoms with Crippen LogP contribution < -0.4 is 15.4 Å². The summed E-state index contributed by atoms with van der Waals surface area (Å²) in [7, 11) is 2.93. The third-order valence-electron chi connectivity index (χ3n) is 2.98. The molecule has 0 bridgehead atoms. The number of amides is 2. The van der Waals surface area contributed by atoms with Crippen LogP contribution in [0.2, 0.25) is 0 Å². The molecule has 0 atom stereocenters. The van der Waals surface area contributed by atoms with Crippen molar-refractivity contribution in [1.82, 2.24) is 4.98 Å². The molecule has 0 fully saturated rings. The van der Waals surface area contributed by atoms with Crippen LogP contribution in [-0.4, -0.2) is 37.6 Å². The molecular weight excluding hydrogens is 302 g/mol. The first-order chi connectivity index (χ1) is 11.0. The number of methoxy groups -OCH3 is 2. The molecule has 2 N–H and O–H groups in total. The summed E-state index contributed by atoms with van der Waals surface area (Å²) in [5, 5.41) is 5.33. The fourth-order valence-electron chi connectivity index (χ4n) is 1.88. The fraction of sp³-hybridized carbons (Fsp3) is 0.267. The number of nitrogens with one attached hydrogen (secondary N) is 2. The number of hydrogen-bond donors (Lipinski definition) is 2. The minimum absolute atomic E-state index is 0.0954. The van der Waals surface area contributed by atoms with Crippen molar-refractivity contribution in [3.05, 3.63) is 36.0 Å². The lowest BCUT2D eigenvalue weighted by molar-refractivity contribution is -0.119. The van der Waals surface area contributed by atoms with Gasteiger partial charge in [0.2, 0.25) is 5.91 Å². The largest absolute Gasteiger partial charge is 0.497 e. The summed E-state index contributed by atoms with van der Waals surface area (Å²) in [5.74, 6) is 0.134. The standard InChI is InChI=1S/C15H17N3O5/c1-9-14(16-8-23-9)15(20)18-12-6-10(22-3)4-5-11(12)17-13(19)7-21-2/h4-6,8H,7H2,1-3H3,(H,17,19)(H,18,20). The lowest BCUT2D eigenvalue weighted by Gasteiger charge is -2.13. The monoisotopic (exact) mass is 319 g/mol. The summed E-state index contributed by atoms with van der Waals surface area (Å²) in [5.41, 5.74) is 0.963. The molecule has 0 saturated carbocycles. The second kappa shape index (κ2) is 7.41. The molecule has 23 heavy (non-hydrogen) atoms. The van der Waals surface area contributed by atoms with Crippen molar-refractivity contribution in [2.24, 2.45) is 0 Å². The second-order valence-electron chi connectivity index (χ2n) is 4.60. The van der Waals surface area contributed by atoms with Crippen LogP contribution in [0.25, 0.3) is 0 Å². The number of aromatic nitrogens is 1. The Morgan fingerprint density at radius 1 is 1.22 bits per heavy atom. The maximum atomic E-state index is 12.2. The smallest absolute Gasteiger partial charge is 0.277 e. The molecule has 122 valence electrons. The van der Waals surface area contributed by atoms with Gasteiger partial charge in [0.25, 0.3) is 5.91 Å². The average molecular weight is 319 g/mol. The molecule has 1 aromatic carbocycles. The third kappa shape index (κ3) is 4.07. The summed E-state index contributed by atoms with van der Waals surface area (Å²) in [6.07, 6.45) is 1.19. The van der Waals surface area contributed by atoms with Crippen molar-refractivity contribution < 1.29 is 23.5 Å². The van der Waals surface area contributed by atoms with E-state index in [4.69, 9.17) is 13.9 Å². The number of rotatable bonds is 6.